The minimum absolute atomic E-state index is 0.135. The van der Waals surface area contributed by atoms with Crippen molar-refractivity contribution in [3.05, 3.63) is 33.5 Å². The largest absolute Gasteiger partial charge is 0.507 e. The third kappa shape index (κ3) is 1.99. The van der Waals surface area contributed by atoms with Crippen LogP contribution in [0.4, 0.5) is 0 Å². The van der Waals surface area contributed by atoms with Crippen LogP contribution in [0.3, 0.4) is 0 Å². The van der Waals surface area contributed by atoms with E-state index in [4.69, 9.17) is 9.63 Å². The Kier molecular flexibility index (Phi) is 3.13. The molecule has 0 fully saturated rings. The summed E-state index contributed by atoms with van der Waals surface area (Å²) in [5, 5.41) is 22.2. The Morgan fingerprint density at radius 2 is 2.06 bits per heavy atom. The van der Waals surface area contributed by atoms with E-state index >= 15 is 0 Å². The van der Waals surface area contributed by atoms with E-state index in [1.807, 2.05) is 6.92 Å². The van der Waals surface area contributed by atoms with Gasteiger partial charge in [0.25, 0.3) is 0 Å². The van der Waals surface area contributed by atoms with Crippen LogP contribution < -0.4 is 0 Å². The van der Waals surface area contributed by atoms with Gasteiger partial charge in [0.2, 0.25) is 5.76 Å². The van der Waals surface area contributed by atoms with Crippen LogP contribution in [0.5, 0.6) is 5.75 Å². The molecule has 0 aliphatic heterocycles. The molecule has 0 atom stereocenters. The summed E-state index contributed by atoms with van der Waals surface area (Å²) < 4.78 is 5.29. The topological polar surface area (TPSA) is 83.6 Å². The average molecular weight is 312 g/mol. The monoisotopic (exact) mass is 311 g/mol. The van der Waals surface area contributed by atoms with Crippen LogP contribution in [0.2, 0.25) is 0 Å². The SMILES string of the molecule is Cc1cc(O)c(Br)c(C)c1-c1cc(C(=O)O)on1. The molecular weight excluding hydrogens is 302 g/mol. The zero-order chi connectivity index (χ0) is 13.4. The van der Waals surface area contributed by atoms with Crippen molar-refractivity contribution < 1.29 is 19.5 Å². The van der Waals surface area contributed by atoms with E-state index in [0.29, 0.717) is 10.2 Å². The van der Waals surface area contributed by atoms with Gasteiger partial charge in [-0.05, 0) is 47.0 Å². The molecule has 2 N–H and O–H groups in total. The van der Waals surface area contributed by atoms with Crippen LogP contribution in [0, 0.1) is 13.8 Å². The van der Waals surface area contributed by atoms with Gasteiger partial charge in [-0.15, -0.1) is 0 Å². The highest BCUT2D eigenvalue weighted by molar-refractivity contribution is 9.10. The maximum Gasteiger partial charge on any atom is 0.374 e. The quantitative estimate of drug-likeness (QED) is 0.890. The fourth-order valence-electron chi connectivity index (χ4n) is 1.83. The third-order valence-corrected chi connectivity index (χ3v) is 3.65. The highest BCUT2D eigenvalue weighted by atomic mass is 79.9. The first-order chi connectivity index (χ1) is 8.41. The summed E-state index contributed by atoms with van der Waals surface area (Å²) in [5.74, 6) is -1.24. The molecule has 0 spiro atoms. The van der Waals surface area contributed by atoms with E-state index in [-0.39, 0.29) is 11.5 Å². The van der Waals surface area contributed by atoms with Crippen molar-refractivity contribution in [2.24, 2.45) is 0 Å². The van der Waals surface area contributed by atoms with E-state index < -0.39 is 5.97 Å². The Morgan fingerprint density at radius 1 is 1.39 bits per heavy atom. The van der Waals surface area contributed by atoms with E-state index in [1.54, 1.807) is 13.0 Å². The lowest BCUT2D eigenvalue weighted by molar-refractivity contribution is 0.0652. The molecule has 94 valence electrons. The fraction of sp³-hybridized carbons (Fsp3) is 0.167. The Labute approximate surface area is 111 Å². The van der Waals surface area contributed by atoms with Gasteiger partial charge in [0.15, 0.2) is 0 Å². The predicted octanol–water partition coefficient (Wildman–Crippen LogP) is 3.12. The molecule has 0 aliphatic rings. The number of carboxylic acid groups (broad SMARTS) is 1. The summed E-state index contributed by atoms with van der Waals surface area (Å²) in [4.78, 5) is 10.8. The van der Waals surface area contributed by atoms with Crippen molar-refractivity contribution >= 4 is 21.9 Å². The van der Waals surface area contributed by atoms with Crippen LogP contribution in [-0.2, 0) is 0 Å². The van der Waals surface area contributed by atoms with Crippen molar-refractivity contribution in [2.45, 2.75) is 13.8 Å². The first-order valence-corrected chi connectivity index (χ1v) is 5.90. The summed E-state index contributed by atoms with van der Waals surface area (Å²) in [5.41, 5.74) is 2.75. The summed E-state index contributed by atoms with van der Waals surface area (Å²) in [6.45, 7) is 3.62. The van der Waals surface area contributed by atoms with Gasteiger partial charge in [-0.3, -0.25) is 0 Å². The third-order valence-electron chi connectivity index (χ3n) is 2.65. The smallest absolute Gasteiger partial charge is 0.374 e. The van der Waals surface area contributed by atoms with Crippen LogP contribution in [-0.4, -0.2) is 21.3 Å². The number of halogens is 1. The number of phenolic OH excluding ortho intramolecular Hbond substituents is 1. The maximum absolute atomic E-state index is 10.8. The fourth-order valence-corrected chi connectivity index (χ4v) is 2.14. The summed E-state index contributed by atoms with van der Waals surface area (Å²) in [7, 11) is 0. The molecule has 0 radical (unpaired) electrons. The van der Waals surface area contributed by atoms with Gasteiger partial charge in [-0.2, -0.15) is 0 Å². The second kappa shape index (κ2) is 4.45. The van der Waals surface area contributed by atoms with Gasteiger partial charge in [0.05, 0.1) is 4.47 Å². The second-order valence-electron chi connectivity index (χ2n) is 3.91. The number of aromatic carboxylic acids is 1. The highest BCUT2D eigenvalue weighted by Crippen LogP contribution is 2.37. The zero-order valence-corrected chi connectivity index (χ0v) is 11.3. The Bertz CT molecular complexity index is 633. The predicted molar refractivity (Wildman–Crippen MR) is 67.7 cm³/mol. The van der Waals surface area contributed by atoms with Gasteiger partial charge >= 0.3 is 5.97 Å². The van der Waals surface area contributed by atoms with Crippen LogP contribution in [0.1, 0.15) is 21.7 Å². The number of rotatable bonds is 2. The number of phenols is 1. The Hall–Kier alpha value is -1.82. The van der Waals surface area contributed by atoms with Gasteiger partial charge in [0, 0.05) is 11.6 Å². The molecule has 1 aromatic carbocycles. The maximum atomic E-state index is 10.8. The molecule has 0 aliphatic carbocycles. The Morgan fingerprint density at radius 3 is 2.61 bits per heavy atom. The molecule has 0 bridgehead atoms. The molecule has 2 rings (SSSR count). The molecule has 2 aromatic rings. The molecular formula is C12H10BrNO4. The van der Waals surface area contributed by atoms with Gasteiger partial charge in [0.1, 0.15) is 11.4 Å². The molecule has 0 unspecified atom stereocenters. The standard InChI is InChI=1S/C12H10BrNO4/c1-5-3-8(15)11(13)6(2)10(5)7-4-9(12(16)17)18-14-7/h3-4,15H,1-2H3,(H,16,17). The van der Waals surface area contributed by atoms with E-state index in [9.17, 15) is 9.90 Å². The van der Waals surface area contributed by atoms with Gasteiger partial charge in [-0.25, -0.2) is 4.79 Å². The molecule has 1 aromatic heterocycles. The first-order valence-electron chi connectivity index (χ1n) is 5.11. The molecule has 5 nitrogen and oxygen atoms in total. The van der Waals surface area contributed by atoms with Crippen LogP contribution in [0.25, 0.3) is 11.3 Å². The highest BCUT2D eigenvalue weighted by Gasteiger charge is 2.18. The number of nitrogens with zero attached hydrogens (tertiary/aromatic N) is 1. The van der Waals surface area contributed by atoms with Gasteiger partial charge < -0.3 is 14.7 Å². The molecule has 0 amide bonds. The number of aryl methyl sites for hydroxylation is 1. The van der Waals surface area contributed by atoms with Crippen molar-refractivity contribution in [2.75, 3.05) is 0 Å². The van der Waals surface area contributed by atoms with E-state index in [2.05, 4.69) is 21.1 Å². The number of aromatic hydroxyl groups is 1. The van der Waals surface area contributed by atoms with Crippen molar-refractivity contribution in [1.29, 1.82) is 0 Å². The normalized spacial score (nSPS) is 10.6. The van der Waals surface area contributed by atoms with E-state index in [1.165, 1.54) is 6.07 Å². The lowest BCUT2D eigenvalue weighted by atomic mass is 9.99. The summed E-state index contributed by atoms with van der Waals surface area (Å²) >= 11 is 3.27. The zero-order valence-electron chi connectivity index (χ0n) is 9.69. The summed E-state index contributed by atoms with van der Waals surface area (Å²) in [6.07, 6.45) is 0. The summed E-state index contributed by atoms with van der Waals surface area (Å²) in [6, 6.07) is 2.95. The molecule has 0 saturated heterocycles. The number of carbonyl (C=O) groups is 1. The van der Waals surface area contributed by atoms with Crippen molar-refractivity contribution in [3.63, 3.8) is 0 Å². The molecule has 0 saturated carbocycles. The number of hydrogen-bond donors (Lipinski definition) is 2. The van der Waals surface area contributed by atoms with Crippen LogP contribution in [0.15, 0.2) is 21.1 Å². The number of hydrogen-bond acceptors (Lipinski definition) is 4. The minimum atomic E-state index is -1.16. The number of carboxylic acids is 1. The van der Waals surface area contributed by atoms with Crippen molar-refractivity contribution in [1.82, 2.24) is 5.16 Å². The van der Waals surface area contributed by atoms with Crippen molar-refractivity contribution in [3.8, 4) is 17.0 Å². The lowest BCUT2D eigenvalue weighted by Crippen LogP contribution is -1.92. The number of benzene rings is 1. The molecule has 1 heterocycles. The average Bonchev–Trinajstić information content (AvgIpc) is 2.75. The molecule has 18 heavy (non-hydrogen) atoms. The second-order valence-corrected chi connectivity index (χ2v) is 4.70. The minimum Gasteiger partial charge on any atom is -0.507 e. The first kappa shape index (κ1) is 12.6. The molecule has 6 heteroatoms. The van der Waals surface area contributed by atoms with E-state index in [0.717, 1.165) is 16.7 Å². The lowest BCUT2D eigenvalue weighted by Gasteiger charge is -2.10. The van der Waals surface area contributed by atoms with Crippen LogP contribution >= 0.6 is 15.9 Å². The Balaban J connectivity index is 2.63. The van der Waals surface area contributed by atoms with Gasteiger partial charge in [-0.1, -0.05) is 5.16 Å². The number of aromatic nitrogens is 1.